The molecular formula is C16H20F2N2O2. The van der Waals surface area contributed by atoms with Gasteiger partial charge in [-0.1, -0.05) is 12.8 Å². The van der Waals surface area contributed by atoms with Gasteiger partial charge in [-0.05, 0) is 25.0 Å². The zero-order valence-electron chi connectivity index (χ0n) is 12.6. The highest BCUT2D eigenvalue weighted by Crippen LogP contribution is 2.23. The zero-order valence-corrected chi connectivity index (χ0v) is 12.6. The van der Waals surface area contributed by atoms with Crippen LogP contribution in [0.2, 0.25) is 0 Å². The maximum Gasteiger partial charge on any atom is 0.226 e. The van der Waals surface area contributed by atoms with Crippen molar-refractivity contribution in [3.8, 4) is 0 Å². The van der Waals surface area contributed by atoms with Crippen LogP contribution in [0.25, 0.3) is 0 Å². The monoisotopic (exact) mass is 310 g/mol. The summed E-state index contributed by atoms with van der Waals surface area (Å²) in [5.41, 5.74) is 0.208. The van der Waals surface area contributed by atoms with E-state index in [0.29, 0.717) is 6.54 Å². The average molecular weight is 310 g/mol. The van der Waals surface area contributed by atoms with Gasteiger partial charge in [0.05, 0.1) is 0 Å². The summed E-state index contributed by atoms with van der Waals surface area (Å²) in [6.07, 6.45) is 4.30. The lowest BCUT2D eigenvalue weighted by atomic mass is 10.2. The molecule has 1 saturated carbocycles. The van der Waals surface area contributed by atoms with E-state index in [0.717, 1.165) is 37.8 Å². The Balaban J connectivity index is 1.87. The van der Waals surface area contributed by atoms with Gasteiger partial charge in [0.1, 0.15) is 0 Å². The number of nitrogens with one attached hydrogen (secondary N) is 1. The maximum absolute atomic E-state index is 13.1. The Morgan fingerprint density at radius 1 is 1.23 bits per heavy atom. The number of benzene rings is 1. The number of hydrogen-bond acceptors (Lipinski definition) is 2. The van der Waals surface area contributed by atoms with Crippen LogP contribution in [0.4, 0.5) is 14.5 Å². The lowest BCUT2D eigenvalue weighted by molar-refractivity contribution is -0.131. The second-order valence-electron chi connectivity index (χ2n) is 5.58. The molecule has 0 unspecified atom stereocenters. The van der Waals surface area contributed by atoms with Crippen molar-refractivity contribution < 1.29 is 18.4 Å². The molecule has 1 aromatic rings. The van der Waals surface area contributed by atoms with E-state index in [-0.39, 0.29) is 30.0 Å². The van der Waals surface area contributed by atoms with Crippen molar-refractivity contribution in [3.05, 3.63) is 29.8 Å². The third-order valence-electron chi connectivity index (χ3n) is 3.95. The summed E-state index contributed by atoms with van der Waals surface area (Å²) in [6.45, 7) is 1.85. The van der Waals surface area contributed by atoms with Crippen LogP contribution in [0.1, 0.15) is 39.0 Å². The molecule has 2 rings (SSSR count). The van der Waals surface area contributed by atoms with Crippen LogP contribution in [0.3, 0.4) is 0 Å². The van der Waals surface area contributed by atoms with Crippen molar-refractivity contribution in [3.63, 3.8) is 0 Å². The SMILES string of the molecule is CC(=O)N(CCC(=O)Nc1ccc(F)c(F)c1)C1CCCC1. The van der Waals surface area contributed by atoms with E-state index in [1.54, 1.807) is 4.90 Å². The van der Waals surface area contributed by atoms with E-state index in [2.05, 4.69) is 5.32 Å². The fourth-order valence-corrected chi connectivity index (χ4v) is 2.83. The van der Waals surface area contributed by atoms with E-state index in [9.17, 15) is 18.4 Å². The van der Waals surface area contributed by atoms with Crippen LogP contribution < -0.4 is 5.32 Å². The van der Waals surface area contributed by atoms with Gasteiger partial charge in [-0.3, -0.25) is 9.59 Å². The second kappa shape index (κ2) is 7.33. The highest BCUT2D eigenvalue weighted by molar-refractivity contribution is 5.91. The van der Waals surface area contributed by atoms with Crippen LogP contribution in [0, 0.1) is 11.6 Å². The standard InChI is InChI=1S/C16H20F2N2O2/c1-11(21)20(13-4-2-3-5-13)9-8-16(22)19-12-6-7-14(17)15(18)10-12/h6-7,10,13H,2-5,8-9H2,1H3,(H,19,22). The van der Waals surface area contributed by atoms with Crippen molar-refractivity contribution in [2.75, 3.05) is 11.9 Å². The van der Waals surface area contributed by atoms with Gasteiger partial charge in [0, 0.05) is 37.7 Å². The minimum Gasteiger partial charge on any atom is -0.339 e. The Bertz CT molecular complexity index is 557. The Morgan fingerprint density at radius 3 is 2.50 bits per heavy atom. The molecule has 1 aromatic carbocycles. The third-order valence-corrected chi connectivity index (χ3v) is 3.95. The molecule has 1 aliphatic carbocycles. The first kappa shape index (κ1) is 16.4. The Morgan fingerprint density at radius 2 is 1.91 bits per heavy atom. The number of hydrogen-bond donors (Lipinski definition) is 1. The molecule has 1 N–H and O–H groups in total. The third kappa shape index (κ3) is 4.26. The first-order valence-corrected chi connectivity index (χ1v) is 7.49. The van der Waals surface area contributed by atoms with E-state index in [1.807, 2.05) is 0 Å². The minimum atomic E-state index is -1.01. The zero-order chi connectivity index (χ0) is 16.1. The summed E-state index contributed by atoms with van der Waals surface area (Å²) in [5, 5.41) is 2.51. The van der Waals surface area contributed by atoms with E-state index in [1.165, 1.54) is 13.0 Å². The Hall–Kier alpha value is -1.98. The molecule has 1 aliphatic rings. The summed E-state index contributed by atoms with van der Waals surface area (Å²) in [6, 6.07) is 3.42. The number of anilines is 1. The van der Waals surface area contributed by atoms with Crippen LogP contribution in [-0.4, -0.2) is 29.3 Å². The number of carbonyl (C=O) groups is 2. The molecule has 0 atom stereocenters. The van der Waals surface area contributed by atoms with Gasteiger partial charge in [-0.25, -0.2) is 8.78 Å². The van der Waals surface area contributed by atoms with Crippen molar-refractivity contribution in [1.82, 2.24) is 4.90 Å². The normalized spacial score (nSPS) is 14.9. The highest BCUT2D eigenvalue weighted by Gasteiger charge is 2.24. The van der Waals surface area contributed by atoms with Gasteiger partial charge in [0.15, 0.2) is 11.6 Å². The molecule has 0 aliphatic heterocycles. The smallest absolute Gasteiger partial charge is 0.226 e. The van der Waals surface area contributed by atoms with Gasteiger partial charge >= 0.3 is 0 Å². The summed E-state index contributed by atoms with van der Waals surface area (Å²) in [7, 11) is 0. The molecule has 0 bridgehead atoms. The predicted molar refractivity (Wildman–Crippen MR) is 79.2 cm³/mol. The topological polar surface area (TPSA) is 49.4 Å². The average Bonchev–Trinajstić information content (AvgIpc) is 2.97. The maximum atomic E-state index is 13.1. The molecule has 120 valence electrons. The summed E-state index contributed by atoms with van der Waals surface area (Å²) in [5.74, 6) is -2.32. The van der Waals surface area contributed by atoms with Gasteiger partial charge < -0.3 is 10.2 Å². The van der Waals surface area contributed by atoms with Crippen LogP contribution >= 0.6 is 0 Å². The number of rotatable bonds is 5. The predicted octanol–water partition coefficient (Wildman–Crippen LogP) is 3.08. The minimum absolute atomic E-state index is 0.0347. The van der Waals surface area contributed by atoms with E-state index >= 15 is 0 Å². The molecule has 2 amide bonds. The van der Waals surface area contributed by atoms with Gasteiger partial charge in [0.2, 0.25) is 11.8 Å². The van der Waals surface area contributed by atoms with Crippen molar-refractivity contribution in [2.24, 2.45) is 0 Å². The lowest BCUT2D eigenvalue weighted by Crippen LogP contribution is -2.39. The lowest BCUT2D eigenvalue weighted by Gasteiger charge is -2.27. The number of carbonyl (C=O) groups excluding carboxylic acids is 2. The molecule has 6 heteroatoms. The first-order chi connectivity index (χ1) is 10.5. The number of halogens is 2. The first-order valence-electron chi connectivity index (χ1n) is 7.49. The molecule has 4 nitrogen and oxygen atoms in total. The van der Waals surface area contributed by atoms with Crippen molar-refractivity contribution >= 4 is 17.5 Å². The molecular weight excluding hydrogens is 290 g/mol. The molecule has 22 heavy (non-hydrogen) atoms. The van der Waals surface area contributed by atoms with Crippen LogP contribution in [0.15, 0.2) is 18.2 Å². The Kier molecular flexibility index (Phi) is 5.46. The number of amides is 2. The van der Waals surface area contributed by atoms with Crippen molar-refractivity contribution in [2.45, 2.75) is 45.1 Å². The number of nitrogens with zero attached hydrogens (tertiary/aromatic N) is 1. The molecule has 0 aromatic heterocycles. The summed E-state index contributed by atoms with van der Waals surface area (Å²) in [4.78, 5) is 25.3. The van der Waals surface area contributed by atoms with Crippen LogP contribution in [-0.2, 0) is 9.59 Å². The second-order valence-corrected chi connectivity index (χ2v) is 5.58. The van der Waals surface area contributed by atoms with E-state index in [4.69, 9.17) is 0 Å². The van der Waals surface area contributed by atoms with Gasteiger partial charge in [-0.2, -0.15) is 0 Å². The fraction of sp³-hybridized carbons (Fsp3) is 0.500. The summed E-state index contributed by atoms with van der Waals surface area (Å²) >= 11 is 0. The Labute approximate surface area is 128 Å². The quantitative estimate of drug-likeness (QED) is 0.908. The molecule has 1 fully saturated rings. The fourth-order valence-electron chi connectivity index (χ4n) is 2.83. The molecule has 0 radical (unpaired) electrons. The highest BCUT2D eigenvalue weighted by atomic mass is 19.2. The van der Waals surface area contributed by atoms with Crippen molar-refractivity contribution in [1.29, 1.82) is 0 Å². The molecule has 0 saturated heterocycles. The van der Waals surface area contributed by atoms with Gasteiger partial charge in [-0.15, -0.1) is 0 Å². The summed E-state index contributed by atoms with van der Waals surface area (Å²) < 4.78 is 25.9. The van der Waals surface area contributed by atoms with Gasteiger partial charge in [0.25, 0.3) is 0 Å². The van der Waals surface area contributed by atoms with Crippen LogP contribution in [0.5, 0.6) is 0 Å². The van der Waals surface area contributed by atoms with E-state index < -0.39 is 11.6 Å². The largest absolute Gasteiger partial charge is 0.339 e. The molecule has 0 heterocycles. The molecule has 0 spiro atoms.